The molecule has 0 aliphatic heterocycles. The Hall–Kier alpha value is -0.130. The molecule has 0 spiro atoms. The molecule has 2 atom stereocenters. The maximum Gasteiger partial charge on any atom is 0.267 e. The lowest BCUT2D eigenvalue weighted by atomic mass is 10.0. The first-order valence-electron chi connectivity index (χ1n) is 11.5. The molecular weight excluding hydrogens is 360 g/mol. The Morgan fingerprint density at radius 2 is 0.963 bits per heavy atom. The number of rotatable bonds is 20. The Balaban J connectivity index is 3.37. The van der Waals surface area contributed by atoms with Gasteiger partial charge in [0.25, 0.3) is 10.1 Å². The molecular formula is C22H46O4S. The summed E-state index contributed by atoms with van der Waals surface area (Å²) >= 11 is 0. The van der Waals surface area contributed by atoms with Crippen LogP contribution >= 0.6 is 0 Å². The van der Waals surface area contributed by atoms with Gasteiger partial charge in [0.05, 0.1) is 11.4 Å². The number of aliphatic hydroxyl groups is 1. The first-order valence-corrected chi connectivity index (χ1v) is 13.0. The van der Waals surface area contributed by atoms with Gasteiger partial charge >= 0.3 is 0 Å². The quantitative estimate of drug-likeness (QED) is 0.175. The van der Waals surface area contributed by atoms with Crippen LogP contribution in [0.25, 0.3) is 0 Å². The van der Waals surface area contributed by atoms with E-state index >= 15 is 0 Å². The molecule has 0 amide bonds. The second-order valence-electron chi connectivity index (χ2n) is 8.30. The average molecular weight is 407 g/mol. The van der Waals surface area contributed by atoms with Gasteiger partial charge in [0, 0.05) is 0 Å². The van der Waals surface area contributed by atoms with Crippen LogP contribution in [-0.2, 0) is 10.1 Å². The highest BCUT2D eigenvalue weighted by atomic mass is 32.2. The number of hydrogen-bond donors (Lipinski definition) is 2. The molecule has 0 saturated carbocycles. The lowest BCUT2D eigenvalue weighted by molar-refractivity contribution is 0.180. The van der Waals surface area contributed by atoms with Crippen molar-refractivity contribution in [1.82, 2.24) is 0 Å². The highest BCUT2D eigenvalue weighted by molar-refractivity contribution is 7.86. The van der Waals surface area contributed by atoms with E-state index < -0.39 is 15.4 Å². The first-order chi connectivity index (χ1) is 12.9. The average Bonchev–Trinajstić information content (AvgIpc) is 2.59. The molecule has 2 unspecified atom stereocenters. The van der Waals surface area contributed by atoms with Gasteiger partial charge in [-0.2, -0.15) is 8.42 Å². The Kier molecular flexibility index (Phi) is 17.8. The second-order valence-corrected chi connectivity index (χ2v) is 10.00. The van der Waals surface area contributed by atoms with Gasteiger partial charge in [-0.3, -0.25) is 4.55 Å². The molecule has 0 aliphatic carbocycles. The van der Waals surface area contributed by atoms with Gasteiger partial charge in [0.1, 0.15) is 0 Å². The summed E-state index contributed by atoms with van der Waals surface area (Å²) in [5, 5.41) is 8.65. The second kappa shape index (κ2) is 17.9. The van der Waals surface area contributed by atoms with E-state index in [0.717, 1.165) is 38.5 Å². The predicted molar refractivity (Wildman–Crippen MR) is 116 cm³/mol. The lowest BCUT2D eigenvalue weighted by Gasteiger charge is -2.13. The molecule has 0 aromatic heterocycles. The summed E-state index contributed by atoms with van der Waals surface area (Å²) in [5.74, 6) is 0. The number of aliphatic hydroxyl groups excluding tert-OH is 1. The van der Waals surface area contributed by atoms with Crippen LogP contribution in [0.15, 0.2) is 0 Å². The van der Waals surface area contributed by atoms with Crippen LogP contribution < -0.4 is 0 Å². The van der Waals surface area contributed by atoms with Gasteiger partial charge in [-0.15, -0.1) is 0 Å². The van der Waals surface area contributed by atoms with Crippen molar-refractivity contribution in [3.8, 4) is 0 Å². The van der Waals surface area contributed by atoms with Crippen molar-refractivity contribution in [3.05, 3.63) is 0 Å². The van der Waals surface area contributed by atoms with Crippen LogP contribution in [0.1, 0.15) is 129 Å². The van der Waals surface area contributed by atoms with Gasteiger partial charge in [0.15, 0.2) is 0 Å². The molecule has 0 fully saturated rings. The Labute approximate surface area is 169 Å². The summed E-state index contributed by atoms with van der Waals surface area (Å²) < 4.78 is 32.0. The summed E-state index contributed by atoms with van der Waals surface area (Å²) in [6.07, 6.45) is 19.9. The summed E-state index contributed by atoms with van der Waals surface area (Å²) in [4.78, 5) is 0. The third kappa shape index (κ3) is 19.0. The molecule has 0 saturated heterocycles. The van der Waals surface area contributed by atoms with Crippen LogP contribution in [-0.4, -0.2) is 29.4 Å². The zero-order valence-corrected chi connectivity index (χ0v) is 18.8. The minimum atomic E-state index is -3.87. The standard InChI is InChI=1S/C22H46O4S/c1-3-4-19-22(27(24,25)26)20-17-15-13-11-9-7-5-6-8-10-12-14-16-18-21(2)23/h21-23H,3-20H2,1-2H3,(H,24,25,26). The van der Waals surface area contributed by atoms with Crippen molar-refractivity contribution in [2.45, 2.75) is 141 Å². The Morgan fingerprint density at radius 3 is 1.30 bits per heavy atom. The maximum absolute atomic E-state index is 11.4. The first kappa shape index (κ1) is 26.9. The van der Waals surface area contributed by atoms with Crippen LogP contribution in [0.2, 0.25) is 0 Å². The third-order valence-corrected chi connectivity index (χ3v) is 6.76. The van der Waals surface area contributed by atoms with Crippen LogP contribution in [0, 0.1) is 0 Å². The van der Waals surface area contributed by atoms with E-state index in [-0.39, 0.29) is 6.10 Å². The molecule has 5 heteroatoms. The Bertz CT molecular complexity index is 407. The van der Waals surface area contributed by atoms with E-state index in [2.05, 4.69) is 0 Å². The van der Waals surface area contributed by atoms with Gasteiger partial charge in [-0.1, -0.05) is 103 Å². The molecule has 0 heterocycles. The molecule has 0 aromatic carbocycles. The van der Waals surface area contributed by atoms with E-state index in [1.807, 2.05) is 13.8 Å². The Morgan fingerprint density at radius 1 is 0.630 bits per heavy atom. The molecule has 0 rings (SSSR count). The van der Waals surface area contributed by atoms with Crippen molar-refractivity contribution in [2.75, 3.05) is 0 Å². The SMILES string of the molecule is CCCCC(CCCCCCCCCCCCCCCC(C)O)S(=O)(=O)O. The third-order valence-electron chi connectivity index (χ3n) is 5.45. The van der Waals surface area contributed by atoms with Crippen molar-refractivity contribution >= 4 is 10.1 Å². The topological polar surface area (TPSA) is 74.6 Å². The van der Waals surface area contributed by atoms with Crippen LogP contribution in [0.3, 0.4) is 0 Å². The van der Waals surface area contributed by atoms with Crippen LogP contribution in [0.4, 0.5) is 0 Å². The molecule has 2 N–H and O–H groups in total. The minimum Gasteiger partial charge on any atom is -0.393 e. The van der Waals surface area contributed by atoms with Crippen molar-refractivity contribution in [1.29, 1.82) is 0 Å². The summed E-state index contributed by atoms with van der Waals surface area (Å²) in [6.45, 7) is 3.91. The predicted octanol–water partition coefficient (Wildman–Crippen LogP) is 6.67. The minimum absolute atomic E-state index is 0.143. The fraction of sp³-hybridized carbons (Fsp3) is 1.00. The van der Waals surface area contributed by atoms with Crippen LogP contribution in [0.5, 0.6) is 0 Å². The molecule has 4 nitrogen and oxygen atoms in total. The smallest absolute Gasteiger partial charge is 0.267 e. The number of unbranched alkanes of at least 4 members (excludes halogenated alkanes) is 13. The number of hydrogen-bond acceptors (Lipinski definition) is 3. The zero-order valence-electron chi connectivity index (χ0n) is 18.0. The van der Waals surface area contributed by atoms with Gasteiger partial charge in [-0.25, -0.2) is 0 Å². The molecule has 164 valence electrons. The van der Waals surface area contributed by atoms with Gasteiger partial charge in [0.2, 0.25) is 0 Å². The van der Waals surface area contributed by atoms with Gasteiger partial charge in [-0.05, 0) is 26.2 Å². The summed E-state index contributed by atoms with van der Waals surface area (Å²) in [7, 11) is -3.87. The van der Waals surface area contributed by atoms with E-state index in [1.165, 1.54) is 64.2 Å². The normalized spacial score (nSPS) is 14.4. The molecule has 0 radical (unpaired) electrons. The molecule has 0 bridgehead atoms. The van der Waals surface area contributed by atoms with Crippen molar-refractivity contribution < 1.29 is 18.1 Å². The largest absolute Gasteiger partial charge is 0.393 e. The van der Waals surface area contributed by atoms with E-state index in [9.17, 15) is 18.1 Å². The maximum atomic E-state index is 11.4. The monoisotopic (exact) mass is 406 g/mol. The van der Waals surface area contributed by atoms with E-state index in [0.29, 0.717) is 12.8 Å². The van der Waals surface area contributed by atoms with E-state index in [4.69, 9.17) is 0 Å². The fourth-order valence-corrected chi connectivity index (χ4v) is 4.56. The highest BCUT2D eigenvalue weighted by Crippen LogP contribution is 2.18. The fourth-order valence-electron chi connectivity index (χ4n) is 3.63. The molecule has 27 heavy (non-hydrogen) atoms. The summed E-state index contributed by atoms with van der Waals surface area (Å²) in [6, 6.07) is 0. The van der Waals surface area contributed by atoms with E-state index in [1.54, 1.807) is 0 Å². The molecule has 0 aliphatic rings. The van der Waals surface area contributed by atoms with Gasteiger partial charge < -0.3 is 5.11 Å². The molecule has 0 aromatic rings. The highest BCUT2D eigenvalue weighted by Gasteiger charge is 2.21. The zero-order chi connectivity index (χ0) is 20.4. The van der Waals surface area contributed by atoms with Crippen molar-refractivity contribution in [2.24, 2.45) is 0 Å². The lowest BCUT2D eigenvalue weighted by Crippen LogP contribution is -2.20. The van der Waals surface area contributed by atoms with Crippen molar-refractivity contribution in [3.63, 3.8) is 0 Å². The summed E-state index contributed by atoms with van der Waals surface area (Å²) in [5.41, 5.74) is 0.